The summed E-state index contributed by atoms with van der Waals surface area (Å²) in [7, 11) is 1.15. The van der Waals surface area contributed by atoms with Gasteiger partial charge in [0.25, 0.3) is 0 Å². The second-order valence-corrected chi connectivity index (χ2v) is 8.02. The summed E-state index contributed by atoms with van der Waals surface area (Å²) in [5.41, 5.74) is -0.403. The number of benzene rings is 2. The molecule has 0 unspecified atom stereocenters. The Balaban J connectivity index is 2.29. The van der Waals surface area contributed by atoms with Gasteiger partial charge in [-0.25, -0.2) is 13.6 Å². The lowest BCUT2D eigenvalue weighted by atomic mass is 9.99. The van der Waals surface area contributed by atoms with Crippen LogP contribution in [0.25, 0.3) is 10.9 Å². The smallest absolute Gasteiger partial charge is 0.343 e. The summed E-state index contributed by atoms with van der Waals surface area (Å²) in [6.45, 7) is 3.43. The van der Waals surface area contributed by atoms with Crippen molar-refractivity contribution in [2.24, 2.45) is 5.92 Å². The van der Waals surface area contributed by atoms with E-state index in [0.717, 1.165) is 7.11 Å². The van der Waals surface area contributed by atoms with Crippen LogP contribution in [-0.4, -0.2) is 29.4 Å². The number of halogens is 3. The molecule has 0 fully saturated rings. The predicted molar refractivity (Wildman–Crippen MR) is 115 cm³/mol. The molecule has 164 valence electrons. The van der Waals surface area contributed by atoms with Crippen LogP contribution in [0, 0.1) is 17.6 Å². The fourth-order valence-electron chi connectivity index (χ4n) is 3.59. The number of hydrogen-bond acceptors (Lipinski definition) is 4. The minimum Gasteiger partial charge on any atom is -0.465 e. The molecule has 1 heterocycles. The first-order valence-corrected chi connectivity index (χ1v) is 10.1. The van der Waals surface area contributed by atoms with Crippen LogP contribution in [0.4, 0.5) is 8.78 Å². The molecule has 0 amide bonds. The number of carbonyl (C=O) groups is 1. The molecule has 2 aromatic carbocycles. The molecule has 0 bridgehead atoms. The van der Waals surface area contributed by atoms with E-state index in [2.05, 4.69) is 0 Å². The van der Waals surface area contributed by atoms with Gasteiger partial charge >= 0.3 is 5.97 Å². The predicted octanol–water partition coefficient (Wildman–Crippen LogP) is 4.50. The molecule has 3 aromatic rings. The monoisotopic (exact) mass is 449 g/mol. The molecule has 5 nitrogen and oxygen atoms in total. The van der Waals surface area contributed by atoms with Crippen LogP contribution in [0.1, 0.15) is 41.4 Å². The average Bonchev–Trinajstić information content (AvgIpc) is 2.73. The molecular formula is C23H22ClF2NO4. The van der Waals surface area contributed by atoms with Crippen molar-refractivity contribution in [1.82, 2.24) is 4.57 Å². The van der Waals surface area contributed by atoms with E-state index in [1.54, 1.807) is 6.07 Å². The van der Waals surface area contributed by atoms with Crippen LogP contribution >= 0.6 is 11.6 Å². The van der Waals surface area contributed by atoms with Crippen molar-refractivity contribution in [1.29, 1.82) is 0 Å². The van der Waals surface area contributed by atoms with E-state index in [1.807, 2.05) is 13.8 Å². The highest BCUT2D eigenvalue weighted by atomic mass is 35.5. The number of methoxy groups -OCH3 is 1. The van der Waals surface area contributed by atoms with Gasteiger partial charge in [0.05, 0.1) is 30.3 Å². The summed E-state index contributed by atoms with van der Waals surface area (Å²) in [6.07, 6.45) is 1.15. The topological polar surface area (TPSA) is 68.5 Å². The van der Waals surface area contributed by atoms with Gasteiger partial charge in [0.2, 0.25) is 5.43 Å². The molecule has 1 atom stereocenters. The maximum Gasteiger partial charge on any atom is 0.343 e. The minimum absolute atomic E-state index is 0.0702. The van der Waals surface area contributed by atoms with Crippen LogP contribution in [0.15, 0.2) is 41.3 Å². The number of aliphatic hydroxyl groups excluding tert-OH is 1. The zero-order valence-corrected chi connectivity index (χ0v) is 18.0. The summed E-state index contributed by atoms with van der Waals surface area (Å²) < 4.78 is 35.6. The summed E-state index contributed by atoms with van der Waals surface area (Å²) >= 11 is 5.82. The molecule has 0 saturated heterocycles. The van der Waals surface area contributed by atoms with Gasteiger partial charge < -0.3 is 14.4 Å². The summed E-state index contributed by atoms with van der Waals surface area (Å²) in [5.74, 6) is -2.23. The largest absolute Gasteiger partial charge is 0.465 e. The van der Waals surface area contributed by atoms with Gasteiger partial charge in [-0.1, -0.05) is 37.6 Å². The van der Waals surface area contributed by atoms with Gasteiger partial charge in [-0.2, -0.15) is 0 Å². The standard InChI is InChI=1S/C23H22ClF2NO4/c1-12(2)20(11-28)27-10-16(23(30)31-3)22(29)15-8-14(18(25)9-19(15)27)7-13-5-4-6-17(24)21(13)26/h4-6,8-10,12,20,28H,7,11H2,1-3H3/t20-/m1/s1. The Kier molecular flexibility index (Phi) is 6.77. The van der Waals surface area contributed by atoms with E-state index < -0.39 is 29.1 Å². The van der Waals surface area contributed by atoms with Crippen molar-refractivity contribution in [3.8, 4) is 0 Å². The summed E-state index contributed by atoms with van der Waals surface area (Å²) in [6, 6.07) is 6.39. The quantitative estimate of drug-likeness (QED) is 0.562. The second kappa shape index (κ2) is 9.16. The molecule has 3 rings (SSSR count). The van der Waals surface area contributed by atoms with E-state index in [4.69, 9.17) is 16.3 Å². The Hall–Kier alpha value is -2.77. The Labute approximate surface area is 182 Å². The first-order chi connectivity index (χ1) is 14.7. The Morgan fingerprint density at radius 1 is 1.23 bits per heavy atom. The van der Waals surface area contributed by atoms with Gasteiger partial charge in [0.1, 0.15) is 17.2 Å². The van der Waals surface area contributed by atoms with Crippen LogP contribution in [-0.2, 0) is 11.2 Å². The lowest BCUT2D eigenvalue weighted by Crippen LogP contribution is -2.26. The molecule has 1 N–H and O–H groups in total. The lowest BCUT2D eigenvalue weighted by molar-refractivity contribution is 0.0597. The molecular weight excluding hydrogens is 428 g/mol. The van der Waals surface area contributed by atoms with Crippen molar-refractivity contribution >= 4 is 28.5 Å². The molecule has 0 spiro atoms. The molecule has 0 aliphatic rings. The molecule has 31 heavy (non-hydrogen) atoms. The molecule has 8 heteroatoms. The lowest BCUT2D eigenvalue weighted by Gasteiger charge is -2.25. The van der Waals surface area contributed by atoms with E-state index in [9.17, 15) is 19.1 Å². The highest BCUT2D eigenvalue weighted by Gasteiger charge is 2.23. The Morgan fingerprint density at radius 3 is 2.55 bits per heavy atom. The number of aliphatic hydroxyl groups is 1. The van der Waals surface area contributed by atoms with Crippen LogP contribution < -0.4 is 5.43 Å². The molecule has 0 aliphatic carbocycles. The molecule has 1 aromatic heterocycles. The number of pyridine rings is 1. The summed E-state index contributed by atoms with van der Waals surface area (Å²) in [5, 5.41) is 9.86. The van der Waals surface area contributed by atoms with Crippen LogP contribution in [0.3, 0.4) is 0 Å². The maximum atomic E-state index is 15.0. The van der Waals surface area contributed by atoms with Crippen molar-refractivity contribution in [2.45, 2.75) is 26.3 Å². The third kappa shape index (κ3) is 4.34. The van der Waals surface area contributed by atoms with Gasteiger partial charge in [-0.3, -0.25) is 4.79 Å². The first-order valence-electron chi connectivity index (χ1n) is 9.68. The number of hydrogen-bond donors (Lipinski definition) is 1. The number of fused-ring (bicyclic) bond motifs is 1. The highest BCUT2D eigenvalue weighted by molar-refractivity contribution is 6.30. The van der Waals surface area contributed by atoms with E-state index >= 15 is 4.39 Å². The molecule has 0 saturated carbocycles. The number of aromatic nitrogens is 1. The number of rotatable bonds is 6. The van der Waals surface area contributed by atoms with Crippen molar-refractivity contribution in [3.63, 3.8) is 0 Å². The van der Waals surface area contributed by atoms with Crippen LogP contribution in [0.2, 0.25) is 5.02 Å². The Morgan fingerprint density at radius 2 is 1.94 bits per heavy atom. The van der Waals surface area contributed by atoms with E-state index in [-0.39, 0.29) is 51.6 Å². The fraction of sp³-hybridized carbons (Fsp3) is 0.304. The SMILES string of the molecule is COC(=O)c1cn([C@H](CO)C(C)C)c2cc(F)c(Cc3cccc(Cl)c3F)cc2c1=O. The van der Waals surface area contributed by atoms with E-state index in [1.165, 1.54) is 35.0 Å². The second-order valence-electron chi connectivity index (χ2n) is 7.62. The summed E-state index contributed by atoms with van der Waals surface area (Å²) in [4.78, 5) is 25.2. The number of carbonyl (C=O) groups excluding carboxylic acids is 1. The zero-order chi connectivity index (χ0) is 22.9. The average molecular weight is 450 g/mol. The van der Waals surface area contributed by atoms with Crippen molar-refractivity contribution in [2.75, 3.05) is 13.7 Å². The maximum absolute atomic E-state index is 15.0. The van der Waals surface area contributed by atoms with Gasteiger partial charge in [0.15, 0.2) is 0 Å². The molecule has 0 radical (unpaired) electrons. The van der Waals surface area contributed by atoms with Gasteiger partial charge in [-0.15, -0.1) is 0 Å². The first kappa shape index (κ1) is 22.9. The van der Waals surface area contributed by atoms with Gasteiger partial charge in [0, 0.05) is 18.0 Å². The third-order valence-electron chi connectivity index (χ3n) is 5.33. The fourth-order valence-corrected chi connectivity index (χ4v) is 3.78. The molecule has 0 aliphatic heterocycles. The number of esters is 1. The Bertz CT molecular complexity index is 1210. The highest BCUT2D eigenvalue weighted by Crippen LogP contribution is 2.27. The normalized spacial score (nSPS) is 12.4. The van der Waals surface area contributed by atoms with Crippen LogP contribution in [0.5, 0.6) is 0 Å². The van der Waals surface area contributed by atoms with Crippen molar-refractivity contribution in [3.05, 3.63) is 80.1 Å². The van der Waals surface area contributed by atoms with Gasteiger partial charge in [-0.05, 0) is 35.2 Å². The number of ether oxygens (including phenoxy) is 1. The van der Waals surface area contributed by atoms with E-state index in [0.29, 0.717) is 0 Å². The van der Waals surface area contributed by atoms with Crippen molar-refractivity contribution < 1.29 is 23.4 Å². The zero-order valence-electron chi connectivity index (χ0n) is 17.3. The third-order valence-corrected chi connectivity index (χ3v) is 5.62. The number of nitrogens with zero attached hydrogens (tertiary/aromatic N) is 1. The minimum atomic E-state index is -0.840.